The Hall–Kier alpha value is -1.88. The number of benzene rings is 1. The van der Waals surface area contributed by atoms with Crippen molar-refractivity contribution in [2.45, 2.75) is 90.6 Å². The zero-order valence-corrected chi connectivity index (χ0v) is 20.2. The van der Waals surface area contributed by atoms with E-state index in [0.29, 0.717) is 29.3 Å². The lowest BCUT2D eigenvalue weighted by atomic mass is 9.73. The number of aryl methyl sites for hydroxylation is 1. The van der Waals surface area contributed by atoms with E-state index in [1.54, 1.807) is 24.5 Å². The molecule has 0 radical (unpaired) electrons. The third-order valence-corrected chi connectivity index (χ3v) is 7.90. The summed E-state index contributed by atoms with van der Waals surface area (Å²) < 4.78 is 34.8. The highest BCUT2D eigenvalue weighted by Gasteiger charge is 2.32. The molecule has 4 rings (SSSR count). The van der Waals surface area contributed by atoms with E-state index < -0.39 is 11.6 Å². The van der Waals surface area contributed by atoms with Crippen molar-refractivity contribution < 1.29 is 13.5 Å². The van der Waals surface area contributed by atoms with Crippen LogP contribution in [-0.4, -0.2) is 16.6 Å². The van der Waals surface area contributed by atoms with Crippen LogP contribution in [0.3, 0.4) is 0 Å². The summed E-state index contributed by atoms with van der Waals surface area (Å²) in [5.74, 6) is 1.40. The van der Waals surface area contributed by atoms with Crippen LogP contribution in [0, 0.1) is 29.4 Å². The lowest BCUT2D eigenvalue weighted by Gasteiger charge is -2.37. The van der Waals surface area contributed by atoms with E-state index in [2.05, 4.69) is 16.9 Å². The van der Waals surface area contributed by atoms with Crippen LogP contribution < -0.4 is 0 Å². The molecule has 2 heterocycles. The van der Waals surface area contributed by atoms with Crippen LogP contribution in [0.1, 0.15) is 95.5 Å². The summed E-state index contributed by atoms with van der Waals surface area (Å²) in [4.78, 5) is 8.90. The van der Waals surface area contributed by atoms with Gasteiger partial charge in [-0.25, -0.2) is 18.7 Å². The zero-order valence-electron chi connectivity index (χ0n) is 20.2. The maximum absolute atomic E-state index is 14.5. The Balaban J connectivity index is 1.29. The minimum absolute atomic E-state index is 0.107. The Bertz CT molecular complexity index is 886. The third-order valence-electron chi connectivity index (χ3n) is 7.90. The largest absolute Gasteiger partial charge is 0.370 e. The van der Waals surface area contributed by atoms with E-state index in [4.69, 9.17) is 4.74 Å². The highest BCUT2D eigenvalue weighted by molar-refractivity contribution is 5.63. The topological polar surface area (TPSA) is 35.0 Å². The molecule has 2 atom stereocenters. The van der Waals surface area contributed by atoms with Crippen molar-refractivity contribution in [3.8, 4) is 11.1 Å². The lowest BCUT2D eigenvalue weighted by molar-refractivity contribution is -0.0443. The Labute approximate surface area is 197 Å². The highest BCUT2D eigenvalue weighted by atomic mass is 19.2. The molecule has 5 heteroatoms. The molecule has 1 aliphatic heterocycles. The minimum Gasteiger partial charge on any atom is -0.370 e. The molecule has 3 nitrogen and oxygen atoms in total. The molecule has 33 heavy (non-hydrogen) atoms. The Morgan fingerprint density at radius 2 is 1.61 bits per heavy atom. The molecule has 2 unspecified atom stereocenters. The van der Waals surface area contributed by atoms with Gasteiger partial charge in [0.2, 0.25) is 0 Å². The maximum atomic E-state index is 14.5. The van der Waals surface area contributed by atoms with Gasteiger partial charge in [0.1, 0.15) is 6.10 Å². The van der Waals surface area contributed by atoms with Gasteiger partial charge in [-0.05, 0) is 55.4 Å². The van der Waals surface area contributed by atoms with Crippen molar-refractivity contribution in [3.05, 3.63) is 47.5 Å². The molecule has 2 fully saturated rings. The average Bonchev–Trinajstić information content (AvgIpc) is 2.87. The first-order valence-electron chi connectivity index (χ1n) is 13.0. The van der Waals surface area contributed by atoms with E-state index in [0.717, 1.165) is 31.3 Å². The molecule has 0 amide bonds. The summed E-state index contributed by atoms with van der Waals surface area (Å²) >= 11 is 0. The molecule has 2 aromatic rings. The number of hydrogen-bond donors (Lipinski definition) is 0. The SMILES string of the molecule is CCCCCC1CCC(C2CCC(c3ncc(-c4ccc(CC)c(F)c4F)cn3)OC2)CC1. The van der Waals surface area contributed by atoms with Crippen LogP contribution in [0.25, 0.3) is 11.1 Å². The van der Waals surface area contributed by atoms with Gasteiger partial charge in [0, 0.05) is 23.5 Å². The predicted octanol–water partition coefficient (Wildman–Crippen LogP) is 7.84. The van der Waals surface area contributed by atoms with Crippen LogP contribution in [0.2, 0.25) is 0 Å². The van der Waals surface area contributed by atoms with Crippen molar-refractivity contribution in [3.63, 3.8) is 0 Å². The fraction of sp³-hybridized carbons (Fsp3) is 0.643. The summed E-state index contributed by atoms with van der Waals surface area (Å²) in [6, 6.07) is 3.24. The normalized spacial score (nSPS) is 25.8. The lowest BCUT2D eigenvalue weighted by Crippen LogP contribution is -2.30. The molecule has 0 bridgehead atoms. The summed E-state index contributed by atoms with van der Waals surface area (Å²) in [7, 11) is 0. The van der Waals surface area contributed by atoms with Crippen molar-refractivity contribution in [2.75, 3.05) is 6.61 Å². The number of halogens is 2. The second-order valence-electron chi connectivity index (χ2n) is 10.0. The average molecular weight is 457 g/mol. The van der Waals surface area contributed by atoms with E-state index in [-0.39, 0.29) is 11.7 Å². The molecule has 1 aromatic heterocycles. The first kappa shape index (κ1) is 24.3. The number of ether oxygens (including phenoxy) is 1. The van der Waals surface area contributed by atoms with Gasteiger partial charge >= 0.3 is 0 Å². The van der Waals surface area contributed by atoms with Gasteiger partial charge in [0.05, 0.1) is 6.61 Å². The molecular formula is C28H38F2N2O. The van der Waals surface area contributed by atoms with Gasteiger partial charge in [-0.1, -0.05) is 64.5 Å². The molecule has 1 saturated carbocycles. The van der Waals surface area contributed by atoms with Crippen LogP contribution in [0.5, 0.6) is 0 Å². The second-order valence-corrected chi connectivity index (χ2v) is 10.0. The van der Waals surface area contributed by atoms with Gasteiger partial charge in [-0.3, -0.25) is 0 Å². The van der Waals surface area contributed by atoms with Gasteiger partial charge in [-0.2, -0.15) is 0 Å². The quantitative estimate of drug-likeness (QED) is 0.380. The summed E-state index contributed by atoms with van der Waals surface area (Å²) in [6.07, 6.45) is 16.5. The van der Waals surface area contributed by atoms with Gasteiger partial charge in [-0.15, -0.1) is 0 Å². The van der Waals surface area contributed by atoms with Crippen molar-refractivity contribution in [2.24, 2.45) is 17.8 Å². The van der Waals surface area contributed by atoms with Gasteiger partial charge in [0.15, 0.2) is 17.5 Å². The van der Waals surface area contributed by atoms with Crippen molar-refractivity contribution in [1.82, 2.24) is 9.97 Å². The number of hydrogen-bond acceptors (Lipinski definition) is 3. The van der Waals surface area contributed by atoms with Crippen LogP contribution in [0.4, 0.5) is 8.78 Å². The van der Waals surface area contributed by atoms with E-state index >= 15 is 0 Å². The molecular weight excluding hydrogens is 418 g/mol. The number of unbranched alkanes of at least 4 members (excludes halogenated alkanes) is 2. The molecule has 0 spiro atoms. The fourth-order valence-corrected chi connectivity index (χ4v) is 5.71. The monoisotopic (exact) mass is 456 g/mol. The van der Waals surface area contributed by atoms with E-state index in [1.807, 2.05) is 6.92 Å². The highest BCUT2D eigenvalue weighted by Crippen LogP contribution is 2.41. The molecule has 1 aliphatic carbocycles. The summed E-state index contributed by atoms with van der Waals surface area (Å²) in [6.45, 7) is 4.86. The molecule has 180 valence electrons. The summed E-state index contributed by atoms with van der Waals surface area (Å²) in [5, 5.41) is 0. The Kier molecular flexibility index (Phi) is 8.45. The van der Waals surface area contributed by atoms with Crippen LogP contribution in [-0.2, 0) is 11.2 Å². The smallest absolute Gasteiger partial charge is 0.167 e. The molecule has 0 N–H and O–H groups in total. The Morgan fingerprint density at radius 1 is 0.879 bits per heavy atom. The number of rotatable bonds is 8. The van der Waals surface area contributed by atoms with Crippen molar-refractivity contribution >= 4 is 0 Å². The van der Waals surface area contributed by atoms with Gasteiger partial charge < -0.3 is 4.74 Å². The van der Waals surface area contributed by atoms with E-state index in [9.17, 15) is 8.78 Å². The standard InChI is InChI=1S/C28H38F2N2O/c1-3-5-6-7-19-8-10-21(11-9-19)22-13-15-25(33-18-22)28-31-16-23(17-32-28)24-14-12-20(4-2)26(29)27(24)30/h12,14,16-17,19,21-22,25H,3-11,13,15,18H2,1-2H3. The summed E-state index contributed by atoms with van der Waals surface area (Å²) in [5.41, 5.74) is 1.07. The van der Waals surface area contributed by atoms with Crippen LogP contribution in [0.15, 0.2) is 24.5 Å². The minimum atomic E-state index is -0.831. The second kappa shape index (κ2) is 11.5. The third kappa shape index (κ3) is 5.79. The molecule has 1 aromatic carbocycles. The van der Waals surface area contributed by atoms with Crippen LogP contribution >= 0.6 is 0 Å². The van der Waals surface area contributed by atoms with E-state index in [1.165, 1.54) is 51.4 Å². The molecule has 1 saturated heterocycles. The fourth-order valence-electron chi connectivity index (χ4n) is 5.71. The zero-order chi connectivity index (χ0) is 23.2. The van der Waals surface area contributed by atoms with Gasteiger partial charge in [0.25, 0.3) is 0 Å². The number of nitrogens with zero attached hydrogens (tertiary/aromatic N) is 2. The molecule has 2 aliphatic rings. The predicted molar refractivity (Wildman–Crippen MR) is 128 cm³/mol. The first-order chi connectivity index (χ1) is 16.1. The van der Waals surface area contributed by atoms with Crippen molar-refractivity contribution in [1.29, 1.82) is 0 Å². The Morgan fingerprint density at radius 3 is 2.24 bits per heavy atom. The first-order valence-corrected chi connectivity index (χ1v) is 13.0. The maximum Gasteiger partial charge on any atom is 0.167 e. The number of aromatic nitrogens is 2.